The largest absolute Gasteiger partial charge is 0.389 e. The summed E-state index contributed by atoms with van der Waals surface area (Å²) in [4.78, 5) is 0. The average molecular weight is 230 g/mol. The van der Waals surface area contributed by atoms with Crippen LogP contribution in [0.15, 0.2) is 12.2 Å². The van der Waals surface area contributed by atoms with Crippen molar-refractivity contribution >= 4 is 0 Å². The lowest BCUT2D eigenvalue weighted by Gasteiger charge is -2.28. The van der Waals surface area contributed by atoms with Gasteiger partial charge in [-0.05, 0) is 12.8 Å². The van der Waals surface area contributed by atoms with E-state index in [0.29, 0.717) is 13.2 Å². The summed E-state index contributed by atoms with van der Waals surface area (Å²) in [7, 11) is 1.71. The van der Waals surface area contributed by atoms with Gasteiger partial charge in [0.15, 0.2) is 6.29 Å². The van der Waals surface area contributed by atoms with Crippen LogP contribution in [0.1, 0.15) is 26.2 Å². The van der Waals surface area contributed by atoms with Gasteiger partial charge in [-0.25, -0.2) is 0 Å². The van der Waals surface area contributed by atoms with Crippen molar-refractivity contribution in [3.63, 3.8) is 0 Å². The molecule has 1 rings (SSSR count). The van der Waals surface area contributed by atoms with Crippen LogP contribution >= 0.6 is 0 Å². The van der Waals surface area contributed by atoms with Gasteiger partial charge in [0.25, 0.3) is 0 Å². The number of methoxy groups -OCH3 is 1. The summed E-state index contributed by atoms with van der Waals surface area (Å²) in [5.41, 5.74) is 0. The van der Waals surface area contributed by atoms with Crippen LogP contribution < -0.4 is 0 Å². The Labute approximate surface area is 97.2 Å². The van der Waals surface area contributed by atoms with Gasteiger partial charge < -0.3 is 19.3 Å². The summed E-state index contributed by atoms with van der Waals surface area (Å²) in [6.07, 6.45) is 5.70. The zero-order chi connectivity index (χ0) is 11.8. The molecule has 0 aromatic rings. The minimum absolute atomic E-state index is 0.179. The average Bonchev–Trinajstić information content (AvgIpc) is 2.34. The highest BCUT2D eigenvalue weighted by Gasteiger charge is 2.22. The molecule has 1 aliphatic heterocycles. The molecular formula is C12H22O4. The third-order valence-corrected chi connectivity index (χ3v) is 2.69. The molecule has 1 saturated heterocycles. The van der Waals surface area contributed by atoms with E-state index in [1.165, 1.54) is 0 Å². The number of rotatable bonds is 6. The van der Waals surface area contributed by atoms with E-state index in [2.05, 4.69) is 0 Å². The number of hydrogen-bond acceptors (Lipinski definition) is 4. The predicted molar refractivity (Wildman–Crippen MR) is 61.2 cm³/mol. The second-order valence-corrected chi connectivity index (χ2v) is 3.92. The first-order valence-corrected chi connectivity index (χ1v) is 5.87. The van der Waals surface area contributed by atoms with E-state index in [9.17, 15) is 5.11 Å². The minimum atomic E-state index is -0.373. The first-order chi connectivity index (χ1) is 7.76. The first kappa shape index (κ1) is 13.6. The van der Waals surface area contributed by atoms with Crippen LogP contribution in [0.25, 0.3) is 0 Å². The molecule has 1 heterocycles. The fourth-order valence-electron chi connectivity index (χ4n) is 1.57. The molecule has 0 aliphatic carbocycles. The molecule has 0 radical (unpaired) electrons. The summed E-state index contributed by atoms with van der Waals surface area (Å²) in [6, 6.07) is 0. The molecule has 0 aromatic heterocycles. The van der Waals surface area contributed by atoms with E-state index in [4.69, 9.17) is 14.2 Å². The molecule has 94 valence electrons. The molecule has 3 unspecified atom stereocenters. The molecule has 4 nitrogen and oxygen atoms in total. The highest BCUT2D eigenvalue weighted by molar-refractivity contribution is 4.87. The van der Waals surface area contributed by atoms with Gasteiger partial charge in [0, 0.05) is 13.5 Å². The van der Waals surface area contributed by atoms with Gasteiger partial charge in [0.2, 0.25) is 0 Å². The molecule has 0 bridgehead atoms. The maximum absolute atomic E-state index is 9.28. The van der Waals surface area contributed by atoms with Gasteiger partial charge in [-0.15, -0.1) is 0 Å². The Morgan fingerprint density at radius 1 is 1.56 bits per heavy atom. The summed E-state index contributed by atoms with van der Waals surface area (Å²) in [5, 5.41) is 9.28. The first-order valence-electron chi connectivity index (χ1n) is 5.87. The van der Waals surface area contributed by atoms with Crippen LogP contribution in [0, 0.1) is 0 Å². The second kappa shape index (κ2) is 7.79. The summed E-state index contributed by atoms with van der Waals surface area (Å²) in [6.45, 7) is 3.09. The maximum Gasteiger partial charge on any atom is 0.160 e. The van der Waals surface area contributed by atoms with E-state index in [1.807, 2.05) is 13.0 Å². The van der Waals surface area contributed by atoms with Crippen molar-refractivity contribution in [3.8, 4) is 0 Å². The Hall–Kier alpha value is -0.420. The number of aliphatic hydroxyl groups excluding tert-OH is 1. The maximum atomic E-state index is 9.28. The van der Waals surface area contributed by atoms with Gasteiger partial charge in [-0.3, -0.25) is 0 Å². The molecule has 0 amide bonds. The lowest BCUT2D eigenvalue weighted by atomic mass is 10.1. The zero-order valence-corrected chi connectivity index (χ0v) is 10.1. The van der Waals surface area contributed by atoms with Crippen LogP contribution in [0.5, 0.6) is 0 Å². The van der Waals surface area contributed by atoms with Crippen LogP contribution in [0.4, 0.5) is 0 Å². The molecule has 1 fully saturated rings. The third kappa shape index (κ3) is 5.07. The van der Waals surface area contributed by atoms with E-state index >= 15 is 0 Å². The van der Waals surface area contributed by atoms with Crippen LogP contribution in [0.3, 0.4) is 0 Å². The second-order valence-electron chi connectivity index (χ2n) is 3.92. The third-order valence-electron chi connectivity index (χ3n) is 2.69. The fraction of sp³-hybridized carbons (Fsp3) is 0.833. The zero-order valence-electron chi connectivity index (χ0n) is 10.1. The fourth-order valence-corrected chi connectivity index (χ4v) is 1.57. The molecular weight excluding hydrogens is 208 g/mol. The Morgan fingerprint density at radius 3 is 3.06 bits per heavy atom. The molecule has 16 heavy (non-hydrogen) atoms. The van der Waals surface area contributed by atoms with Crippen molar-refractivity contribution in [1.82, 2.24) is 0 Å². The van der Waals surface area contributed by atoms with Gasteiger partial charge in [-0.2, -0.15) is 0 Å². The van der Waals surface area contributed by atoms with Crippen molar-refractivity contribution < 1.29 is 19.3 Å². The molecule has 1 N–H and O–H groups in total. The molecule has 0 aromatic carbocycles. The van der Waals surface area contributed by atoms with Crippen molar-refractivity contribution in [3.05, 3.63) is 12.2 Å². The number of ether oxygens (including phenoxy) is 3. The normalized spacial score (nSPS) is 28.4. The Bertz CT molecular complexity index is 205. The molecule has 1 aliphatic rings. The van der Waals surface area contributed by atoms with Crippen LogP contribution in [-0.4, -0.2) is 43.9 Å². The molecule has 3 atom stereocenters. The van der Waals surface area contributed by atoms with Gasteiger partial charge in [0.1, 0.15) is 0 Å². The van der Waals surface area contributed by atoms with Crippen LogP contribution in [0.2, 0.25) is 0 Å². The van der Waals surface area contributed by atoms with Crippen molar-refractivity contribution in [2.75, 3.05) is 20.3 Å². The van der Waals surface area contributed by atoms with Gasteiger partial charge in [0.05, 0.1) is 25.4 Å². The number of hydrogen-bond donors (Lipinski definition) is 1. The molecule has 0 spiro atoms. The van der Waals surface area contributed by atoms with Crippen molar-refractivity contribution in [2.24, 2.45) is 0 Å². The van der Waals surface area contributed by atoms with Crippen LogP contribution in [-0.2, 0) is 14.2 Å². The van der Waals surface area contributed by atoms with Crippen molar-refractivity contribution in [1.29, 1.82) is 0 Å². The SMILES string of the molecule is CCC(O)/C=C\COC1CC(OC)CCO1. The smallest absolute Gasteiger partial charge is 0.160 e. The molecule has 4 heteroatoms. The monoisotopic (exact) mass is 230 g/mol. The van der Waals surface area contributed by atoms with E-state index < -0.39 is 0 Å². The lowest BCUT2D eigenvalue weighted by molar-refractivity contribution is -0.183. The molecule has 0 saturated carbocycles. The Kier molecular flexibility index (Phi) is 6.64. The quantitative estimate of drug-likeness (QED) is 0.702. The van der Waals surface area contributed by atoms with E-state index in [0.717, 1.165) is 19.3 Å². The topological polar surface area (TPSA) is 47.9 Å². The summed E-state index contributed by atoms with van der Waals surface area (Å²) in [5.74, 6) is 0. The highest BCUT2D eigenvalue weighted by Crippen LogP contribution is 2.16. The van der Waals surface area contributed by atoms with Crippen molar-refractivity contribution in [2.45, 2.75) is 44.7 Å². The van der Waals surface area contributed by atoms with Gasteiger partial charge in [-0.1, -0.05) is 19.1 Å². The standard InChI is InChI=1S/C12H22O4/c1-3-10(13)5-4-7-15-12-9-11(14-2)6-8-16-12/h4-5,10-13H,3,6-9H2,1-2H3/b5-4-. The minimum Gasteiger partial charge on any atom is -0.389 e. The van der Waals surface area contributed by atoms with E-state index in [-0.39, 0.29) is 18.5 Å². The Morgan fingerprint density at radius 2 is 2.38 bits per heavy atom. The van der Waals surface area contributed by atoms with Gasteiger partial charge >= 0.3 is 0 Å². The number of aliphatic hydroxyl groups is 1. The Balaban J connectivity index is 2.15. The summed E-state index contributed by atoms with van der Waals surface area (Å²) < 4.78 is 16.2. The summed E-state index contributed by atoms with van der Waals surface area (Å²) >= 11 is 0. The van der Waals surface area contributed by atoms with E-state index in [1.54, 1.807) is 13.2 Å². The predicted octanol–water partition coefficient (Wildman–Crippen LogP) is 1.48. The highest BCUT2D eigenvalue weighted by atomic mass is 16.7. The lowest BCUT2D eigenvalue weighted by Crippen LogP contribution is -2.32.